The Morgan fingerprint density at radius 2 is 1.10 bits per heavy atom. The molecule has 0 bridgehead atoms. The van der Waals surface area contributed by atoms with E-state index in [-0.39, 0.29) is 21.3 Å². The van der Waals surface area contributed by atoms with E-state index in [1.807, 2.05) is 0 Å². The largest absolute Gasteiger partial charge is 0.483 e. The average Bonchev–Trinajstić information content (AvgIpc) is 2.92. The number of Topliss-reactive ketones (excluding diaryl/α,β-unsaturated/α-hetero) is 1. The molecule has 0 spiro atoms. The van der Waals surface area contributed by atoms with Crippen molar-refractivity contribution in [2.45, 2.75) is 9.79 Å². The number of nitrogens with zero attached hydrogens (tertiary/aromatic N) is 2. The van der Waals surface area contributed by atoms with E-state index in [1.165, 1.54) is 10.0 Å². The summed E-state index contributed by atoms with van der Waals surface area (Å²) in [4.78, 5) is 16.2. The van der Waals surface area contributed by atoms with Gasteiger partial charge in [0, 0.05) is 26.2 Å². The molecule has 2 fully saturated rings. The van der Waals surface area contributed by atoms with Crippen molar-refractivity contribution >= 4 is 25.8 Å². The van der Waals surface area contributed by atoms with Crippen molar-refractivity contribution in [2.75, 3.05) is 65.8 Å². The Morgan fingerprint density at radius 3 is 1.45 bits per heavy atom. The molecule has 2 aromatic rings. The predicted octanol–water partition coefficient (Wildman–Crippen LogP) is 0.0427. The van der Waals surface area contributed by atoms with Gasteiger partial charge >= 0.3 is 0 Å². The lowest BCUT2D eigenvalue weighted by molar-refractivity contribution is -0.123. The summed E-state index contributed by atoms with van der Waals surface area (Å²) in [6.07, 6.45) is 0. The maximum Gasteiger partial charge on any atom is 0.253 e. The lowest BCUT2D eigenvalue weighted by atomic mass is 10.3. The number of hydrogen-bond donors (Lipinski definition) is 2. The molecule has 2 aliphatic rings. The van der Waals surface area contributed by atoms with Crippen LogP contribution in [0.1, 0.15) is 0 Å². The van der Waals surface area contributed by atoms with Gasteiger partial charge in [0.1, 0.15) is 0 Å². The molecular formula is C23H28F2N4O9S2. The highest BCUT2D eigenvalue weighted by Crippen LogP contribution is 2.23. The molecule has 0 radical (unpaired) electrons. The van der Waals surface area contributed by atoms with Gasteiger partial charge in [0.25, 0.3) is 20.0 Å². The van der Waals surface area contributed by atoms with Crippen LogP contribution >= 0.6 is 0 Å². The summed E-state index contributed by atoms with van der Waals surface area (Å²) in [5.41, 5.74) is 0. The van der Waals surface area contributed by atoms with E-state index in [0.29, 0.717) is 52.6 Å². The topological polar surface area (TPSA) is 153 Å². The number of carbonyl (C=O) groups is 1. The first-order valence-electron chi connectivity index (χ1n) is 12.1. The fraction of sp³-hybridized carbons (Fsp3) is 0.435. The first-order chi connectivity index (χ1) is 19.0. The standard InChI is InChI=1S/C23H28F2N4O9S2/c24-20-13-18(39(31,32)26-28-5-9-35-10-6-28)1-3-22(20)37-15-17(30)16-38-23-4-2-19(14-21(23)25)40(33,34)27-29-7-11-36-12-8-29/h1-4,13-14,26-27H,5-12,15-16H2. The van der Waals surface area contributed by atoms with E-state index in [4.69, 9.17) is 18.9 Å². The van der Waals surface area contributed by atoms with Crippen LogP contribution in [0.15, 0.2) is 46.2 Å². The van der Waals surface area contributed by atoms with Crippen LogP contribution in [0.2, 0.25) is 0 Å². The molecule has 0 atom stereocenters. The van der Waals surface area contributed by atoms with Crippen molar-refractivity contribution in [3.63, 3.8) is 0 Å². The van der Waals surface area contributed by atoms with Crippen molar-refractivity contribution < 1.29 is 49.4 Å². The van der Waals surface area contributed by atoms with Gasteiger partial charge in [-0.25, -0.2) is 35.6 Å². The zero-order valence-corrected chi connectivity index (χ0v) is 22.8. The van der Waals surface area contributed by atoms with Gasteiger partial charge < -0.3 is 18.9 Å². The number of sulfonamides is 2. The van der Waals surface area contributed by atoms with Crippen molar-refractivity contribution in [3.8, 4) is 11.5 Å². The minimum Gasteiger partial charge on any atom is -0.483 e. The van der Waals surface area contributed by atoms with Crippen molar-refractivity contribution in [2.24, 2.45) is 0 Å². The molecule has 2 aromatic carbocycles. The normalized spacial score (nSPS) is 17.4. The second kappa shape index (κ2) is 13.3. The summed E-state index contributed by atoms with van der Waals surface area (Å²) in [7, 11) is -8.08. The molecule has 40 heavy (non-hydrogen) atoms. The van der Waals surface area contributed by atoms with Crippen LogP contribution in [-0.2, 0) is 34.3 Å². The summed E-state index contributed by atoms with van der Waals surface area (Å²) in [5.74, 6) is -3.44. The molecule has 0 aliphatic carbocycles. The molecule has 220 valence electrons. The SMILES string of the molecule is O=C(COc1ccc(S(=O)(=O)NN2CCOCC2)cc1F)COc1ccc(S(=O)(=O)NN2CCOCC2)cc1F. The van der Waals surface area contributed by atoms with E-state index in [2.05, 4.69) is 9.66 Å². The monoisotopic (exact) mass is 606 g/mol. The first-order valence-corrected chi connectivity index (χ1v) is 15.1. The molecule has 17 heteroatoms. The fourth-order valence-electron chi connectivity index (χ4n) is 3.64. The number of hydrogen-bond acceptors (Lipinski definition) is 11. The van der Waals surface area contributed by atoms with Crippen molar-refractivity contribution in [1.82, 2.24) is 19.7 Å². The van der Waals surface area contributed by atoms with Crippen molar-refractivity contribution in [1.29, 1.82) is 0 Å². The number of ketones is 1. The van der Waals surface area contributed by atoms with Crippen LogP contribution in [0.25, 0.3) is 0 Å². The molecule has 0 aromatic heterocycles. The second-order valence-corrected chi connectivity index (χ2v) is 12.0. The smallest absolute Gasteiger partial charge is 0.253 e. The third-order valence-electron chi connectivity index (χ3n) is 5.73. The summed E-state index contributed by atoms with van der Waals surface area (Å²) < 4.78 is 99.5. The number of benzene rings is 2. The van der Waals surface area contributed by atoms with Crippen LogP contribution in [0, 0.1) is 11.6 Å². The Bertz CT molecular complexity index is 1310. The molecule has 0 amide bonds. The Kier molecular flexibility index (Phi) is 10.0. The number of morpholine rings is 2. The number of halogens is 2. The number of rotatable bonds is 12. The maximum atomic E-state index is 14.5. The Labute approximate surface area is 230 Å². The second-order valence-electron chi connectivity index (χ2n) is 8.69. The van der Waals surface area contributed by atoms with E-state index < -0.39 is 50.7 Å². The van der Waals surface area contributed by atoms with Gasteiger partial charge in [-0.2, -0.15) is 0 Å². The van der Waals surface area contributed by atoms with Crippen LogP contribution in [-0.4, -0.2) is 98.5 Å². The molecule has 0 saturated carbocycles. The van der Waals surface area contributed by atoms with Gasteiger partial charge in [0.15, 0.2) is 36.3 Å². The minimum absolute atomic E-state index is 0.334. The molecule has 0 unspecified atom stereocenters. The van der Waals surface area contributed by atoms with Gasteiger partial charge in [-0.15, -0.1) is 9.66 Å². The summed E-state index contributed by atoms with van der Waals surface area (Å²) in [5, 5.41) is 2.88. The van der Waals surface area contributed by atoms with Crippen LogP contribution in [0.3, 0.4) is 0 Å². The molecule has 2 saturated heterocycles. The fourth-order valence-corrected chi connectivity index (χ4v) is 5.91. The third kappa shape index (κ3) is 8.14. The van der Waals surface area contributed by atoms with Crippen molar-refractivity contribution in [3.05, 3.63) is 48.0 Å². The summed E-state index contributed by atoms with van der Waals surface area (Å²) >= 11 is 0. The zero-order valence-electron chi connectivity index (χ0n) is 21.2. The van der Waals surface area contributed by atoms with Crippen LogP contribution < -0.4 is 19.1 Å². The zero-order chi connectivity index (χ0) is 28.8. The van der Waals surface area contributed by atoms with Crippen LogP contribution in [0.5, 0.6) is 11.5 Å². The molecular weight excluding hydrogens is 578 g/mol. The highest BCUT2D eigenvalue weighted by Gasteiger charge is 2.23. The highest BCUT2D eigenvalue weighted by molar-refractivity contribution is 7.89. The summed E-state index contributed by atoms with van der Waals surface area (Å²) in [6, 6.07) is 5.92. The molecule has 4 rings (SSSR count). The lowest BCUT2D eigenvalue weighted by Gasteiger charge is -2.26. The molecule has 2 heterocycles. The van der Waals surface area contributed by atoms with Crippen LogP contribution in [0.4, 0.5) is 8.78 Å². The van der Waals surface area contributed by atoms with E-state index in [9.17, 15) is 30.4 Å². The summed E-state index contributed by atoms with van der Waals surface area (Å²) in [6.45, 7) is 1.49. The third-order valence-corrected chi connectivity index (χ3v) is 8.47. The van der Waals surface area contributed by atoms with E-state index >= 15 is 0 Å². The average molecular weight is 607 g/mol. The van der Waals surface area contributed by atoms with Gasteiger partial charge in [-0.3, -0.25) is 4.79 Å². The Balaban J connectivity index is 1.28. The maximum absolute atomic E-state index is 14.5. The predicted molar refractivity (Wildman–Crippen MR) is 134 cm³/mol. The highest BCUT2D eigenvalue weighted by atomic mass is 32.2. The Morgan fingerprint density at radius 1 is 0.725 bits per heavy atom. The quantitative estimate of drug-likeness (QED) is 0.337. The van der Waals surface area contributed by atoms with E-state index in [0.717, 1.165) is 36.4 Å². The van der Waals surface area contributed by atoms with Gasteiger partial charge in [0.2, 0.25) is 5.78 Å². The molecule has 2 aliphatic heterocycles. The van der Waals surface area contributed by atoms with E-state index in [1.54, 1.807) is 0 Å². The molecule has 2 N–H and O–H groups in total. The van der Waals surface area contributed by atoms with Gasteiger partial charge in [0.05, 0.1) is 36.2 Å². The number of hydrazine groups is 2. The number of carbonyl (C=O) groups excluding carboxylic acids is 1. The minimum atomic E-state index is -4.04. The number of ether oxygens (including phenoxy) is 4. The van der Waals surface area contributed by atoms with Gasteiger partial charge in [-0.05, 0) is 36.4 Å². The molecule has 13 nitrogen and oxygen atoms in total. The number of nitrogens with one attached hydrogen (secondary N) is 2. The lowest BCUT2D eigenvalue weighted by Crippen LogP contribution is -2.48. The first kappa shape index (κ1) is 30.2. The van der Waals surface area contributed by atoms with Gasteiger partial charge in [-0.1, -0.05) is 0 Å². The Hall–Kier alpha value is -2.77.